The maximum absolute atomic E-state index is 12.4. The molecule has 1 saturated carbocycles. The van der Waals surface area contributed by atoms with Gasteiger partial charge in [0.15, 0.2) is 5.76 Å². The molecule has 0 unspecified atom stereocenters. The van der Waals surface area contributed by atoms with Crippen LogP contribution in [-0.4, -0.2) is 18.7 Å². The van der Waals surface area contributed by atoms with E-state index in [-0.39, 0.29) is 11.6 Å². The summed E-state index contributed by atoms with van der Waals surface area (Å²) in [6, 6.07) is 4.71. The molecule has 3 aromatic rings. The molecule has 1 N–H and O–H groups in total. The van der Waals surface area contributed by atoms with Gasteiger partial charge >= 0.3 is 0 Å². The fourth-order valence-corrected chi connectivity index (χ4v) is 3.37. The van der Waals surface area contributed by atoms with Crippen molar-refractivity contribution in [3.8, 4) is 11.5 Å². The zero-order valence-electron chi connectivity index (χ0n) is 13.8. The minimum absolute atomic E-state index is 0.0367. The molecule has 1 fully saturated rings. The zero-order valence-corrected chi connectivity index (χ0v) is 14.6. The van der Waals surface area contributed by atoms with Gasteiger partial charge in [-0.15, -0.1) is 0 Å². The van der Waals surface area contributed by atoms with Crippen molar-refractivity contribution >= 4 is 10.0 Å². The predicted octanol–water partition coefficient (Wildman–Crippen LogP) is 2.90. The van der Waals surface area contributed by atoms with Crippen molar-refractivity contribution in [2.24, 2.45) is 0 Å². The van der Waals surface area contributed by atoms with E-state index >= 15 is 0 Å². The number of nitrogens with zero attached hydrogens (tertiary/aromatic N) is 2. The molecule has 9 heteroatoms. The van der Waals surface area contributed by atoms with Crippen LogP contribution in [0.2, 0.25) is 0 Å². The Hall–Kier alpha value is -2.39. The second-order valence-corrected chi connectivity index (χ2v) is 7.86. The number of hydrogen-bond donors (Lipinski definition) is 1. The van der Waals surface area contributed by atoms with Gasteiger partial charge in [0, 0.05) is 17.5 Å². The summed E-state index contributed by atoms with van der Waals surface area (Å²) in [5.41, 5.74) is 2.08. The first-order chi connectivity index (χ1) is 11.9. The molecule has 0 atom stereocenters. The fraction of sp³-hybridized carbons (Fsp3) is 0.375. The average molecular weight is 363 g/mol. The monoisotopic (exact) mass is 363 g/mol. The number of aryl methyl sites for hydroxylation is 1. The van der Waals surface area contributed by atoms with E-state index < -0.39 is 10.0 Å². The minimum atomic E-state index is -3.81. The van der Waals surface area contributed by atoms with Gasteiger partial charge in [-0.25, -0.2) is 13.1 Å². The summed E-state index contributed by atoms with van der Waals surface area (Å²) >= 11 is 0. The molecule has 8 nitrogen and oxygen atoms in total. The molecule has 0 saturated heterocycles. The van der Waals surface area contributed by atoms with Crippen molar-refractivity contribution in [2.45, 2.75) is 44.2 Å². The summed E-state index contributed by atoms with van der Waals surface area (Å²) in [4.78, 5) is 0. The third-order valence-corrected chi connectivity index (χ3v) is 5.50. The van der Waals surface area contributed by atoms with Crippen LogP contribution in [0.25, 0.3) is 11.5 Å². The normalized spacial score (nSPS) is 15.0. The van der Waals surface area contributed by atoms with Gasteiger partial charge in [-0.2, -0.15) is 0 Å². The van der Waals surface area contributed by atoms with Gasteiger partial charge in [-0.3, -0.25) is 0 Å². The van der Waals surface area contributed by atoms with Gasteiger partial charge in [0.25, 0.3) is 10.0 Å². The highest BCUT2D eigenvalue weighted by Crippen LogP contribution is 2.40. The molecule has 0 amide bonds. The van der Waals surface area contributed by atoms with E-state index in [2.05, 4.69) is 15.0 Å². The Morgan fingerprint density at radius 2 is 2.00 bits per heavy atom. The molecule has 132 valence electrons. The van der Waals surface area contributed by atoms with Crippen LogP contribution in [0.15, 0.2) is 36.8 Å². The van der Waals surface area contributed by atoms with Crippen LogP contribution in [0.4, 0.5) is 0 Å². The van der Waals surface area contributed by atoms with E-state index in [1.165, 1.54) is 6.07 Å². The molecule has 0 aromatic carbocycles. The van der Waals surface area contributed by atoms with Crippen molar-refractivity contribution in [2.75, 3.05) is 0 Å². The highest BCUT2D eigenvalue weighted by Gasteiger charge is 2.28. The van der Waals surface area contributed by atoms with Gasteiger partial charge in [-0.05, 0) is 38.8 Å². The largest absolute Gasteiger partial charge is 0.440 e. The molecular weight excluding hydrogens is 346 g/mol. The molecule has 4 rings (SSSR count). The second kappa shape index (κ2) is 5.85. The Bertz CT molecular complexity index is 1010. The highest BCUT2D eigenvalue weighted by molar-refractivity contribution is 7.89. The maximum atomic E-state index is 12.4. The summed E-state index contributed by atoms with van der Waals surface area (Å²) in [6.45, 7) is 3.67. The minimum Gasteiger partial charge on any atom is -0.440 e. The number of rotatable bonds is 6. The van der Waals surface area contributed by atoms with Gasteiger partial charge < -0.3 is 13.5 Å². The first-order valence-electron chi connectivity index (χ1n) is 7.92. The maximum Gasteiger partial charge on any atom is 0.274 e. The lowest BCUT2D eigenvalue weighted by Crippen LogP contribution is -2.22. The van der Waals surface area contributed by atoms with Gasteiger partial charge in [0.05, 0.1) is 17.9 Å². The van der Waals surface area contributed by atoms with E-state index in [1.807, 2.05) is 6.92 Å². The Labute approximate surface area is 144 Å². The Morgan fingerprint density at radius 1 is 1.20 bits per heavy atom. The van der Waals surface area contributed by atoms with E-state index in [9.17, 15) is 8.42 Å². The molecule has 0 aliphatic heterocycles. The number of sulfonamides is 1. The number of furan rings is 1. The number of aromatic nitrogens is 2. The van der Waals surface area contributed by atoms with Gasteiger partial charge in [0.1, 0.15) is 5.76 Å². The van der Waals surface area contributed by atoms with Gasteiger partial charge in [-0.1, -0.05) is 10.3 Å². The average Bonchev–Trinajstić information content (AvgIpc) is 2.98. The topological polar surface area (TPSA) is 111 Å². The van der Waals surface area contributed by atoms with E-state index in [0.717, 1.165) is 29.9 Å². The first-order valence-corrected chi connectivity index (χ1v) is 9.40. The third kappa shape index (κ3) is 3.12. The predicted molar refractivity (Wildman–Crippen MR) is 86.2 cm³/mol. The molecule has 1 aliphatic carbocycles. The van der Waals surface area contributed by atoms with Crippen LogP contribution in [0.3, 0.4) is 0 Å². The molecule has 0 radical (unpaired) electrons. The Morgan fingerprint density at radius 3 is 2.68 bits per heavy atom. The van der Waals surface area contributed by atoms with Gasteiger partial charge in [0.2, 0.25) is 10.9 Å². The summed E-state index contributed by atoms with van der Waals surface area (Å²) < 4.78 is 43.1. The molecule has 25 heavy (non-hydrogen) atoms. The van der Waals surface area contributed by atoms with Crippen LogP contribution in [-0.2, 0) is 16.6 Å². The van der Waals surface area contributed by atoms with Crippen LogP contribution in [0.5, 0.6) is 0 Å². The van der Waals surface area contributed by atoms with E-state index in [4.69, 9.17) is 13.5 Å². The fourth-order valence-electron chi connectivity index (χ4n) is 2.44. The Balaban J connectivity index is 1.49. The lowest BCUT2D eigenvalue weighted by atomic mass is 10.2. The van der Waals surface area contributed by atoms with Crippen molar-refractivity contribution in [1.29, 1.82) is 0 Å². The van der Waals surface area contributed by atoms with Crippen molar-refractivity contribution in [3.63, 3.8) is 0 Å². The molecular formula is C16H17N3O5S. The summed E-state index contributed by atoms with van der Waals surface area (Å²) in [6.07, 6.45) is 2.19. The summed E-state index contributed by atoms with van der Waals surface area (Å²) in [7, 11) is -3.81. The number of nitrogens with one attached hydrogen (secondary N) is 1. The molecule has 0 spiro atoms. The lowest BCUT2D eigenvalue weighted by molar-refractivity contribution is 0.377. The quantitative estimate of drug-likeness (QED) is 0.716. The Kier molecular flexibility index (Phi) is 3.77. The smallest absolute Gasteiger partial charge is 0.274 e. The lowest BCUT2D eigenvalue weighted by Gasteiger charge is -2.01. The standard InChI is InChI=1S/C16H17N3O5S/c1-9-10(2)18-24-16(9)13-5-6-15(22-13)25(20,21)17-8-12-7-14(23-19-12)11-3-4-11/h5-7,11,17H,3-4,8H2,1-2H3. The highest BCUT2D eigenvalue weighted by atomic mass is 32.2. The number of hydrogen-bond acceptors (Lipinski definition) is 7. The summed E-state index contributed by atoms with van der Waals surface area (Å²) in [5, 5.41) is 7.54. The summed E-state index contributed by atoms with van der Waals surface area (Å²) in [5.74, 6) is 1.98. The van der Waals surface area contributed by atoms with Crippen molar-refractivity contribution in [1.82, 2.24) is 15.0 Å². The SMILES string of the molecule is Cc1noc(-c2ccc(S(=O)(=O)NCc3cc(C4CC4)on3)o2)c1C. The first kappa shape index (κ1) is 16.1. The molecule has 1 aliphatic rings. The van der Waals surface area contributed by atoms with Crippen LogP contribution in [0.1, 0.15) is 41.5 Å². The molecule has 3 heterocycles. The van der Waals surface area contributed by atoms with Crippen molar-refractivity contribution in [3.05, 3.63) is 40.9 Å². The second-order valence-electron chi connectivity index (χ2n) is 6.16. The molecule has 0 bridgehead atoms. The van der Waals surface area contributed by atoms with Crippen LogP contribution >= 0.6 is 0 Å². The van der Waals surface area contributed by atoms with E-state index in [1.54, 1.807) is 19.1 Å². The van der Waals surface area contributed by atoms with E-state index in [0.29, 0.717) is 23.1 Å². The zero-order chi connectivity index (χ0) is 17.6. The molecule has 3 aromatic heterocycles. The van der Waals surface area contributed by atoms with Crippen molar-refractivity contribution < 1.29 is 21.9 Å². The van der Waals surface area contributed by atoms with Crippen LogP contribution in [0, 0.1) is 13.8 Å². The van der Waals surface area contributed by atoms with Crippen LogP contribution < -0.4 is 4.72 Å². The third-order valence-electron chi connectivity index (χ3n) is 4.23.